The third-order valence-corrected chi connectivity index (χ3v) is 3.84. The lowest BCUT2D eigenvalue weighted by Gasteiger charge is -2.15. The van der Waals surface area contributed by atoms with Crippen LogP contribution in [0.5, 0.6) is 5.75 Å². The monoisotopic (exact) mass is 365 g/mol. The molecule has 0 spiro atoms. The molecule has 0 heterocycles. The predicted molar refractivity (Wildman–Crippen MR) is 91.4 cm³/mol. The van der Waals surface area contributed by atoms with Crippen LogP contribution in [0.3, 0.4) is 0 Å². The highest BCUT2D eigenvalue weighted by Gasteiger charge is 2.21. The van der Waals surface area contributed by atoms with E-state index in [4.69, 9.17) is 16.3 Å². The number of aliphatic carboxylic acids is 1. The van der Waals surface area contributed by atoms with Crippen molar-refractivity contribution in [1.82, 2.24) is 5.32 Å². The summed E-state index contributed by atoms with van der Waals surface area (Å²) in [5.74, 6) is -1.64. The second-order valence-electron chi connectivity index (χ2n) is 5.44. The Morgan fingerprint density at radius 3 is 2.60 bits per heavy atom. The minimum Gasteiger partial charge on any atom is -0.495 e. The van der Waals surface area contributed by atoms with Crippen molar-refractivity contribution in [3.05, 3.63) is 64.4 Å². The van der Waals surface area contributed by atoms with Crippen LogP contribution >= 0.6 is 11.6 Å². The summed E-state index contributed by atoms with van der Waals surface area (Å²) in [4.78, 5) is 23.5. The summed E-state index contributed by atoms with van der Waals surface area (Å²) in [7, 11) is 1.48. The van der Waals surface area contributed by atoms with Gasteiger partial charge in [0.2, 0.25) is 5.91 Å². The van der Waals surface area contributed by atoms with E-state index in [2.05, 4.69) is 5.32 Å². The van der Waals surface area contributed by atoms with Crippen molar-refractivity contribution >= 4 is 23.5 Å². The van der Waals surface area contributed by atoms with Crippen molar-refractivity contribution in [2.45, 2.75) is 18.9 Å². The van der Waals surface area contributed by atoms with Crippen LogP contribution in [-0.2, 0) is 22.4 Å². The molecule has 0 aliphatic rings. The van der Waals surface area contributed by atoms with Gasteiger partial charge in [0.05, 0.1) is 18.6 Å². The predicted octanol–water partition coefficient (Wildman–Crippen LogP) is 2.84. The number of hydrogen-bond donors (Lipinski definition) is 2. The quantitative estimate of drug-likeness (QED) is 0.791. The summed E-state index contributed by atoms with van der Waals surface area (Å²) >= 11 is 6.03. The number of amides is 1. The van der Waals surface area contributed by atoms with E-state index in [1.807, 2.05) is 0 Å². The number of benzene rings is 2. The minimum atomic E-state index is -1.17. The molecule has 1 atom stereocenters. The second kappa shape index (κ2) is 8.48. The van der Waals surface area contributed by atoms with E-state index < -0.39 is 23.7 Å². The summed E-state index contributed by atoms with van der Waals surface area (Å²) in [5.41, 5.74) is 1.11. The van der Waals surface area contributed by atoms with E-state index in [1.165, 1.54) is 25.3 Å². The lowest BCUT2D eigenvalue weighted by Crippen LogP contribution is -2.43. The minimum absolute atomic E-state index is 0.0634. The number of carbonyl (C=O) groups excluding carboxylic acids is 1. The largest absolute Gasteiger partial charge is 0.495 e. The molecule has 7 heteroatoms. The highest BCUT2D eigenvalue weighted by atomic mass is 35.5. The van der Waals surface area contributed by atoms with Crippen molar-refractivity contribution < 1.29 is 23.8 Å². The average Bonchev–Trinajstić information content (AvgIpc) is 2.54. The lowest BCUT2D eigenvalue weighted by molar-refractivity contribution is -0.141. The molecule has 0 saturated heterocycles. The molecule has 0 radical (unpaired) electrons. The van der Waals surface area contributed by atoms with Gasteiger partial charge in [0.1, 0.15) is 17.6 Å². The highest BCUT2D eigenvalue weighted by molar-refractivity contribution is 6.32. The van der Waals surface area contributed by atoms with Crippen molar-refractivity contribution in [2.24, 2.45) is 0 Å². The summed E-state index contributed by atoms with van der Waals surface area (Å²) in [6.45, 7) is 0. The summed E-state index contributed by atoms with van der Waals surface area (Å²) in [6.07, 6.45) is -0.0428. The standard InChI is InChI=1S/C18H17ClFNO4/c1-25-16-6-5-12(8-14(16)19)9-15(18(23)24)21-17(22)10-11-3-2-4-13(20)7-11/h2-8,15H,9-10H2,1H3,(H,21,22)(H,23,24)/t15-/m0/s1. The number of carboxylic acids is 1. The lowest BCUT2D eigenvalue weighted by atomic mass is 10.0. The van der Waals surface area contributed by atoms with Gasteiger partial charge >= 0.3 is 5.97 Å². The number of halogens is 2. The van der Waals surface area contributed by atoms with Gasteiger partial charge in [-0.2, -0.15) is 0 Å². The molecule has 0 saturated carbocycles. The van der Waals surface area contributed by atoms with Crippen LogP contribution in [0.15, 0.2) is 42.5 Å². The molecule has 0 bridgehead atoms. The Bertz CT molecular complexity index is 781. The number of rotatable bonds is 7. The molecule has 132 valence electrons. The van der Waals surface area contributed by atoms with E-state index in [0.29, 0.717) is 21.9 Å². The molecule has 5 nitrogen and oxygen atoms in total. The molecular weight excluding hydrogens is 349 g/mol. The Kier molecular flexibility index (Phi) is 6.36. The number of ether oxygens (including phenoxy) is 1. The average molecular weight is 366 g/mol. The fraction of sp³-hybridized carbons (Fsp3) is 0.222. The van der Waals surface area contributed by atoms with Crippen LogP contribution in [0.1, 0.15) is 11.1 Å². The first-order valence-electron chi connectivity index (χ1n) is 7.48. The van der Waals surface area contributed by atoms with Gasteiger partial charge in [0, 0.05) is 6.42 Å². The first kappa shape index (κ1) is 18.7. The number of carbonyl (C=O) groups is 2. The molecule has 0 fully saturated rings. The number of carboxylic acid groups (broad SMARTS) is 1. The topological polar surface area (TPSA) is 75.6 Å². The smallest absolute Gasteiger partial charge is 0.326 e. The van der Waals surface area contributed by atoms with Gasteiger partial charge in [-0.25, -0.2) is 9.18 Å². The zero-order chi connectivity index (χ0) is 18.4. The molecule has 0 aromatic heterocycles. The normalized spacial score (nSPS) is 11.6. The number of methoxy groups -OCH3 is 1. The van der Waals surface area contributed by atoms with Crippen LogP contribution in [0, 0.1) is 5.82 Å². The van der Waals surface area contributed by atoms with Crippen LogP contribution in [0.2, 0.25) is 5.02 Å². The summed E-state index contributed by atoms with van der Waals surface area (Å²) in [6, 6.07) is 9.38. The van der Waals surface area contributed by atoms with E-state index in [1.54, 1.807) is 24.3 Å². The molecule has 0 aliphatic carbocycles. The van der Waals surface area contributed by atoms with E-state index in [-0.39, 0.29) is 12.8 Å². The van der Waals surface area contributed by atoms with E-state index >= 15 is 0 Å². The van der Waals surface area contributed by atoms with E-state index in [0.717, 1.165) is 0 Å². The molecule has 2 aromatic rings. The molecule has 25 heavy (non-hydrogen) atoms. The Labute approximate surface area is 149 Å². The van der Waals surface area contributed by atoms with Crippen molar-refractivity contribution in [3.8, 4) is 5.75 Å². The highest BCUT2D eigenvalue weighted by Crippen LogP contribution is 2.25. The maximum atomic E-state index is 13.1. The van der Waals surface area contributed by atoms with Crippen LogP contribution in [0.4, 0.5) is 4.39 Å². The van der Waals surface area contributed by atoms with E-state index in [9.17, 15) is 19.1 Å². The third kappa shape index (κ3) is 5.46. The zero-order valence-electron chi connectivity index (χ0n) is 13.5. The SMILES string of the molecule is COc1ccc(C[C@H](NC(=O)Cc2cccc(F)c2)C(=O)O)cc1Cl. The Hall–Kier alpha value is -2.60. The van der Waals surface area contributed by atoms with Crippen molar-refractivity contribution in [3.63, 3.8) is 0 Å². The molecule has 2 N–H and O–H groups in total. The Morgan fingerprint density at radius 1 is 1.24 bits per heavy atom. The van der Waals surface area contributed by atoms with Gasteiger partial charge < -0.3 is 15.2 Å². The van der Waals surface area contributed by atoms with Gasteiger partial charge in [-0.15, -0.1) is 0 Å². The fourth-order valence-electron chi connectivity index (χ4n) is 2.35. The molecule has 0 unspecified atom stereocenters. The van der Waals surface area contributed by atoms with Gasteiger partial charge in [0.25, 0.3) is 0 Å². The van der Waals surface area contributed by atoms with Crippen LogP contribution in [-0.4, -0.2) is 30.1 Å². The Morgan fingerprint density at radius 2 is 2.00 bits per heavy atom. The Balaban J connectivity index is 2.04. The van der Waals surface area contributed by atoms with Gasteiger partial charge in [-0.3, -0.25) is 4.79 Å². The summed E-state index contributed by atoms with van der Waals surface area (Å²) in [5, 5.41) is 12.1. The second-order valence-corrected chi connectivity index (χ2v) is 5.85. The third-order valence-electron chi connectivity index (χ3n) is 3.54. The fourth-order valence-corrected chi connectivity index (χ4v) is 2.63. The number of hydrogen-bond acceptors (Lipinski definition) is 3. The maximum Gasteiger partial charge on any atom is 0.326 e. The van der Waals surface area contributed by atoms with Gasteiger partial charge in [-0.1, -0.05) is 29.8 Å². The first-order valence-corrected chi connectivity index (χ1v) is 7.86. The van der Waals surface area contributed by atoms with Crippen LogP contribution < -0.4 is 10.1 Å². The molecule has 2 rings (SSSR count). The summed E-state index contributed by atoms with van der Waals surface area (Å²) < 4.78 is 18.2. The van der Waals surface area contributed by atoms with Gasteiger partial charge in [0.15, 0.2) is 0 Å². The van der Waals surface area contributed by atoms with Crippen molar-refractivity contribution in [1.29, 1.82) is 0 Å². The number of nitrogens with one attached hydrogen (secondary N) is 1. The molecule has 0 aliphatic heterocycles. The van der Waals surface area contributed by atoms with Gasteiger partial charge in [-0.05, 0) is 35.4 Å². The molecule has 1 amide bonds. The van der Waals surface area contributed by atoms with Crippen LogP contribution in [0.25, 0.3) is 0 Å². The molecular formula is C18H17ClFNO4. The van der Waals surface area contributed by atoms with Crippen molar-refractivity contribution in [2.75, 3.05) is 7.11 Å². The first-order chi connectivity index (χ1) is 11.9. The maximum absolute atomic E-state index is 13.1. The zero-order valence-corrected chi connectivity index (χ0v) is 14.2. The molecule has 2 aromatic carbocycles.